The van der Waals surface area contributed by atoms with Crippen molar-refractivity contribution in [1.82, 2.24) is 5.32 Å². The molecule has 2 aromatic rings. The highest BCUT2D eigenvalue weighted by Crippen LogP contribution is 2.22. The Labute approximate surface area is 134 Å². The fraction of sp³-hybridized carbons (Fsp3) is 0.294. The normalized spacial score (nSPS) is 12.3. The van der Waals surface area contributed by atoms with Crippen LogP contribution < -0.4 is 5.32 Å². The highest BCUT2D eigenvalue weighted by atomic mass is 79.9. The molecule has 0 aromatic heterocycles. The molecule has 3 heteroatoms. The standard InChI is InChI=1S/C17H19BrClN/c1-20-12-14(10-13-6-8-16(19)9-7-13)11-15-4-2-3-5-17(15)18/h2-9,14,20H,10-12H2,1H3. The molecule has 2 rings (SSSR count). The molecule has 106 valence electrons. The van der Waals surface area contributed by atoms with Crippen LogP contribution in [0.3, 0.4) is 0 Å². The largest absolute Gasteiger partial charge is 0.319 e. The Bertz CT molecular complexity index is 539. The van der Waals surface area contributed by atoms with Crippen LogP contribution >= 0.6 is 27.5 Å². The molecule has 0 fully saturated rings. The summed E-state index contributed by atoms with van der Waals surface area (Å²) < 4.78 is 1.19. The summed E-state index contributed by atoms with van der Waals surface area (Å²) in [7, 11) is 2.01. The van der Waals surface area contributed by atoms with Crippen molar-refractivity contribution in [2.45, 2.75) is 12.8 Å². The average Bonchev–Trinajstić information content (AvgIpc) is 2.44. The first-order valence-electron chi connectivity index (χ1n) is 6.81. The Hall–Kier alpha value is -0.830. The first kappa shape index (κ1) is 15.6. The van der Waals surface area contributed by atoms with Crippen LogP contribution in [0.25, 0.3) is 0 Å². The van der Waals surface area contributed by atoms with E-state index in [1.54, 1.807) is 0 Å². The highest BCUT2D eigenvalue weighted by Gasteiger charge is 2.11. The van der Waals surface area contributed by atoms with Gasteiger partial charge in [0.15, 0.2) is 0 Å². The summed E-state index contributed by atoms with van der Waals surface area (Å²) in [6, 6.07) is 16.6. The number of hydrogen-bond acceptors (Lipinski definition) is 1. The summed E-state index contributed by atoms with van der Waals surface area (Å²) in [5, 5.41) is 4.09. The molecule has 1 nitrogen and oxygen atoms in total. The van der Waals surface area contributed by atoms with E-state index in [-0.39, 0.29) is 0 Å². The third kappa shape index (κ3) is 4.62. The molecule has 0 saturated carbocycles. The minimum absolute atomic E-state index is 0.569. The predicted octanol–water partition coefficient (Wildman–Crippen LogP) is 4.72. The summed E-state index contributed by atoms with van der Waals surface area (Å²) >= 11 is 9.57. The fourth-order valence-electron chi connectivity index (χ4n) is 2.43. The zero-order valence-electron chi connectivity index (χ0n) is 11.6. The van der Waals surface area contributed by atoms with Crippen molar-refractivity contribution in [2.75, 3.05) is 13.6 Å². The maximum Gasteiger partial charge on any atom is 0.0406 e. The van der Waals surface area contributed by atoms with Crippen molar-refractivity contribution in [3.8, 4) is 0 Å². The summed E-state index contributed by atoms with van der Waals surface area (Å²) in [6.45, 7) is 1.00. The van der Waals surface area contributed by atoms with Crippen LogP contribution in [0.5, 0.6) is 0 Å². The maximum atomic E-state index is 5.94. The lowest BCUT2D eigenvalue weighted by atomic mass is 9.92. The van der Waals surface area contributed by atoms with Crippen LogP contribution in [0.4, 0.5) is 0 Å². The van der Waals surface area contributed by atoms with E-state index in [2.05, 4.69) is 57.6 Å². The maximum absolute atomic E-state index is 5.94. The van der Waals surface area contributed by atoms with Gasteiger partial charge in [-0.2, -0.15) is 0 Å². The number of rotatable bonds is 6. The zero-order chi connectivity index (χ0) is 14.4. The molecule has 0 saturated heterocycles. The molecular weight excluding hydrogens is 334 g/mol. The monoisotopic (exact) mass is 351 g/mol. The second kappa shape index (κ2) is 7.82. The van der Waals surface area contributed by atoms with E-state index < -0.39 is 0 Å². The molecular formula is C17H19BrClN. The second-order valence-corrected chi connectivity index (χ2v) is 6.34. The van der Waals surface area contributed by atoms with Gasteiger partial charge in [-0.1, -0.05) is 57.9 Å². The lowest BCUT2D eigenvalue weighted by molar-refractivity contribution is 0.492. The van der Waals surface area contributed by atoms with Crippen molar-refractivity contribution >= 4 is 27.5 Å². The minimum atomic E-state index is 0.569. The topological polar surface area (TPSA) is 12.0 Å². The third-order valence-electron chi connectivity index (χ3n) is 3.40. The Morgan fingerprint density at radius 3 is 2.40 bits per heavy atom. The number of nitrogens with one attached hydrogen (secondary N) is 1. The van der Waals surface area contributed by atoms with Gasteiger partial charge >= 0.3 is 0 Å². The summed E-state index contributed by atoms with van der Waals surface area (Å²) in [5.41, 5.74) is 2.70. The molecule has 0 amide bonds. The second-order valence-electron chi connectivity index (χ2n) is 5.05. The molecule has 0 aliphatic carbocycles. The lowest BCUT2D eigenvalue weighted by Gasteiger charge is -2.17. The van der Waals surface area contributed by atoms with Crippen LogP contribution in [-0.2, 0) is 12.8 Å². The Morgan fingerprint density at radius 2 is 1.75 bits per heavy atom. The summed E-state index contributed by atoms with van der Waals surface area (Å²) in [6.07, 6.45) is 2.12. The van der Waals surface area contributed by atoms with Crippen molar-refractivity contribution in [3.05, 3.63) is 69.2 Å². The number of hydrogen-bond donors (Lipinski definition) is 1. The van der Waals surface area contributed by atoms with E-state index in [0.717, 1.165) is 24.4 Å². The first-order chi connectivity index (χ1) is 9.69. The van der Waals surface area contributed by atoms with E-state index >= 15 is 0 Å². The molecule has 0 radical (unpaired) electrons. The van der Waals surface area contributed by atoms with Gasteiger partial charge in [-0.15, -0.1) is 0 Å². The fourth-order valence-corrected chi connectivity index (χ4v) is 3.01. The summed E-state index contributed by atoms with van der Waals surface area (Å²) in [5.74, 6) is 0.569. The smallest absolute Gasteiger partial charge is 0.0406 e. The third-order valence-corrected chi connectivity index (χ3v) is 4.42. The van der Waals surface area contributed by atoms with E-state index in [4.69, 9.17) is 11.6 Å². The van der Waals surface area contributed by atoms with Gasteiger partial charge in [-0.25, -0.2) is 0 Å². The van der Waals surface area contributed by atoms with Gasteiger partial charge in [0.1, 0.15) is 0 Å². The van der Waals surface area contributed by atoms with Crippen LogP contribution in [0.15, 0.2) is 53.0 Å². The average molecular weight is 353 g/mol. The number of halogens is 2. The van der Waals surface area contributed by atoms with Gasteiger partial charge in [0, 0.05) is 9.50 Å². The van der Waals surface area contributed by atoms with E-state index in [9.17, 15) is 0 Å². The lowest BCUT2D eigenvalue weighted by Crippen LogP contribution is -2.23. The van der Waals surface area contributed by atoms with Crippen molar-refractivity contribution in [3.63, 3.8) is 0 Å². The van der Waals surface area contributed by atoms with E-state index in [1.165, 1.54) is 15.6 Å². The molecule has 2 aromatic carbocycles. The molecule has 0 aliphatic rings. The summed E-state index contributed by atoms with van der Waals surface area (Å²) in [4.78, 5) is 0. The van der Waals surface area contributed by atoms with Gasteiger partial charge in [0.05, 0.1) is 0 Å². The molecule has 0 aliphatic heterocycles. The van der Waals surface area contributed by atoms with E-state index in [0.29, 0.717) is 5.92 Å². The van der Waals surface area contributed by atoms with Crippen LogP contribution in [0.1, 0.15) is 11.1 Å². The minimum Gasteiger partial charge on any atom is -0.319 e. The zero-order valence-corrected chi connectivity index (χ0v) is 13.9. The number of benzene rings is 2. The van der Waals surface area contributed by atoms with Crippen molar-refractivity contribution in [2.24, 2.45) is 5.92 Å². The Morgan fingerprint density at radius 1 is 1.05 bits per heavy atom. The van der Waals surface area contributed by atoms with Crippen LogP contribution in [0, 0.1) is 5.92 Å². The Balaban J connectivity index is 2.07. The highest BCUT2D eigenvalue weighted by molar-refractivity contribution is 9.10. The van der Waals surface area contributed by atoms with Crippen LogP contribution in [-0.4, -0.2) is 13.6 Å². The Kier molecular flexibility index (Phi) is 6.08. The van der Waals surface area contributed by atoms with Crippen LogP contribution in [0.2, 0.25) is 5.02 Å². The van der Waals surface area contributed by atoms with Crippen molar-refractivity contribution < 1.29 is 0 Å². The van der Waals surface area contributed by atoms with E-state index in [1.807, 2.05) is 19.2 Å². The van der Waals surface area contributed by atoms with Gasteiger partial charge in [-0.3, -0.25) is 0 Å². The van der Waals surface area contributed by atoms with Gasteiger partial charge < -0.3 is 5.32 Å². The molecule has 0 spiro atoms. The quantitative estimate of drug-likeness (QED) is 0.793. The molecule has 1 atom stereocenters. The first-order valence-corrected chi connectivity index (χ1v) is 7.98. The van der Waals surface area contributed by atoms with Crippen molar-refractivity contribution in [1.29, 1.82) is 0 Å². The van der Waals surface area contributed by atoms with Gasteiger partial charge in [-0.05, 0) is 61.7 Å². The van der Waals surface area contributed by atoms with Gasteiger partial charge in [0.2, 0.25) is 0 Å². The van der Waals surface area contributed by atoms with Gasteiger partial charge in [0.25, 0.3) is 0 Å². The predicted molar refractivity (Wildman–Crippen MR) is 90.4 cm³/mol. The molecule has 20 heavy (non-hydrogen) atoms. The SMILES string of the molecule is CNCC(Cc1ccc(Cl)cc1)Cc1ccccc1Br. The molecule has 1 N–H and O–H groups in total. The molecule has 1 unspecified atom stereocenters. The molecule has 0 heterocycles. The molecule has 0 bridgehead atoms.